The lowest BCUT2D eigenvalue weighted by Gasteiger charge is -2.17. The van der Waals surface area contributed by atoms with E-state index in [2.05, 4.69) is 9.97 Å². The lowest BCUT2D eigenvalue weighted by Crippen LogP contribution is -2.26. The standard InChI is InChI=1S/C11H13N5/c1-3-5-9(8-12)10(13)16(2)11-14-6-4-7-15-11/h3-7H,13H2,1-2H3/b5-3+,10-9+. The summed E-state index contributed by atoms with van der Waals surface area (Å²) in [6.07, 6.45) is 6.64. The lowest BCUT2D eigenvalue weighted by atomic mass is 10.2. The molecular formula is C11H13N5. The molecule has 0 aromatic carbocycles. The summed E-state index contributed by atoms with van der Waals surface area (Å²) in [5.74, 6) is 0.782. The monoisotopic (exact) mass is 215 g/mol. The third-order valence-corrected chi connectivity index (χ3v) is 1.94. The maximum absolute atomic E-state index is 8.92. The highest BCUT2D eigenvalue weighted by Crippen LogP contribution is 2.10. The normalized spacial score (nSPS) is 12.1. The van der Waals surface area contributed by atoms with Gasteiger partial charge in [-0.1, -0.05) is 6.08 Å². The first kappa shape index (κ1) is 11.7. The molecule has 0 bridgehead atoms. The zero-order chi connectivity index (χ0) is 12.0. The minimum Gasteiger partial charge on any atom is -0.384 e. The average Bonchev–Trinajstić information content (AvgIpc) is 2.35. The summed E-state index contributed by atoms with van der Waals surface area (Å²) in [7, 11) is 1.71. The quantitative estimate of drug-likeness (QED) is 0.605. The molecule has 1 aromatic heterocycles. The molecule has 0 fully saturated rings. The molecule has 2 N–H and O–H groups in total. The SMILES string of the molecule is C/C=C/C(C#N)=C(/N)N(C)c1ncccn1. The number of aromatic nitrogens is 2. The number of anilines is 1. The van der Waals surface area contributed by atoms with Gasteiger partial charge in [0.15, 0.2) is 0 Å². The molecule has 0 aliphatic heterocycles. The zero-order valence-corrected chi connectivity index (χ0v) is 9.25. The van der Waals surface area contributed by atoms with E-state index in [1.165, 1.54) is 0 Å². The summed E-state index contributed by atoms with van der Waals surface area (Å²) in [6.45, 7) is 1.82. The Morgan fingerprint density at radius 2 is 2.12 bits per heavy atom. The van der Waals surface area contributed by atoms with E-state index in [4.69, 9.17) is 11.0 Å². The highest BCUT2D eigenvalue weighted by atomic mass is 15.3. The molecule has 0 saturated heterocycles. The molecule has 0 amide bonds. The van der Waals surface area contributed by atoms with Crippen LogP contribution in [0.1, 0.15) is 6.92 Å². The Labute approximate surface area is 94.5 Å². The fourth-order valence-electron chi connectivity index (χ4n) is 1.10. The van der Waals surface area contributed by atoms with Crippen LogP contribution in [0.2, 0.25) is 0 Å². The second-order valence-corrected chi connectivity index (χ2v) is 3.02. The second kappa shape index (κ2) is 5.51. The van der Waals surface area contributed by atoms with Gasteiger partial charge in [0.05, 0.1) is 5.57 Å². The van der Waals surface area contributed by atoms with Crippen LogP contribution in [-0.4, -0.2) is 17.0 Å². The van der Waals surface area contributed by atoms with Gasteiger partial charge in [-0.25, -0.2) is 9.97 Å². The lowest BCUT2D eigenvalue weighted by molar-refractivity contribution is 0.962. The van der Waals surface area contributed by atoms with Gasteiger partial charge in [-0.2, -0.15) is 5.26 Å². The zero-order valence-electron chi connectivity index (χ0n) is 9.25. The van der Waals surface area contributed by atoms with Crippen LogP contribution in [0, 0.1) is 11.3 Å². The van der Waals surface area contributed by atoms with E-state index in [1.54, 1.807) is 42.6 Å². The molecule has 1 heterocycles. The second-order valence-electron chi connectivity index (χ2n) is 3.02. The fraction of sp³-hybridized carbons (Fsp3) is 0.182. The van der Waals surface area contributed by atoms with Crippen molar-refractivity contribution in [1.29, 1.82) is 5.26 Å². The topological polar surface area (TPSA) is 78.8 Å². The van der Waals surface area contributed by atoms with Gasteiger partial charge in [-0.05, 0) is 19.1 Å². The van der Waals surface area contributed by atoms with Crippen molar-refractivity contribution in [1.82, 2.24) is 9.97 Å². The molecule has 82 valence electrons. The third kappa shape index (κ3) is 2.58. The van der Waals surface area contributed by atoms with E-state index in [1.807, 2.05) is 13.0 Å². The maximum atomic E-state index is 8.92. The van der Waals surface area contributed by atoms with Gasteiger partial charge in [0.2, 0.25) is 5.95 Å². The minimum atomic E-state index is 0.326. The number of nitrogens with two attached hydrogens (primary N) is 1. The van der Waals surface area contributed by atoms with Crippen molar-refractivity contribution in [2.45, 2.75) is 6.92 Å². The van der Waals surface area contributed by atoms with E-state index < -0.39 is 0 Å². The summed E-state index contributed by atoms with van der Waals surface area (Å²) in [4.78, 5) is 9.66. The molecule has 1 aromatic rings. The van der Waals surface area contributed by atoms with E-state index in [9.17, 15) is 0 Å². The van der Waals surface area contributed by atoms with Crippen LogP contribution in [0.4, 0.5) is 5.95 Å². The summed E-state index contributed by atoms with van der Waals surface area (Å²) in [5, 5.41) is 8.92. The van der Waals surface area contributed by atoms with Crippen molar-refractivity contribution >= 4 is 5.95 Å². The number of nitriles is 1. The van der Waals surface area contributed by atoms with E-state index >= 15 is 0 Å². The predicted octanol–water partition coefficient (Wildman–Crippen LogP) is 1.18. The van der Waals surface area contributed by atoms with Gasteiger partial charge >= 0.3 is 0 Å². The molecule has 16 heavy (non-hydrogen) atoms. The summed E-state index contributed by atoms with van der Waals surface area (Å²) in [5.41, 5.74) is 6.23. The molecule has 0 aliphatic rings. The van der Waals surface area contributed by atoms with Crippen molar-refractivity contribution in [3.63, 3.8) is 0 Å². The van der Waals surface area contributed by atoms with Crippen LogP contribution in [0.5, 0.6) is 0 Å². The van der Waals surface area contributed by atoms with Gasteiger partial charge < -0.3 is 5.73 Å². The van der Waals surface area contributed by atoms with Crippen LogP contribution in [0.15, 0.2) is 42.0 Å². The van der Waals surface area contributed by atoms with Crippen molar-refractivity contribution in [2.24, 2.45) is 5.73 Å². The Hall–Kier alpha value is -2.35. The molecule has 5 nitrogen and oxygen atoms in total. The van der Waals surface area contributed by atoms with Gasteiger partial charge in [0, 0.05) is 19.4 Å². The van der Waals surface area contributed by atoms with Crippen LogP contribution in [0.3, 0.4) is 0 Å². The van der Waals surface area contributed by atoms with E-state index in [0.717, 1.165) is 0 Å². The number of rotatable bonds is 3. The predicted molar refractivity (Wildman–Crippen MR) is 62.1 cm³/mol. The molecule has 0 spiro atoms. The highest BCUT2D eigenvalue weighted by Gasteiger charge is 2.09. The van der Waals surface area contributed by atoms with Crippen molar-refractivity contribution in [3.05, 3.63) is 42.0 Å². The number of allylic oxidation sites excluding steroid dienone is 3. The Morgan fingerprint density at radius 3 is 2.62 bits per heavy atom. The summed E-state index contributed by atoms with van der Waals surface area (Å²) in [6, 6.07) is 3.74. The van der Waals surface area contributed by atoms with E-state index in [0.29, 0.717) is 17.3 Å². The first-order chi connectivity index (χ1) is 7.70. The molecule has 0 atom stereocenters. The minimum absolute atomic E-state index is 0.326. The molecule has 5 heteroatoms. The maximum Gasteiger partial charge on any atom is 0.230 e. The fourth-order valence-corrected chi connectivity index (χ4v) is 1.10. The van der Waals surface area contributed by atoms with Crippen molar-refractivity contribution in [3.8, 4) is 6.07 Å². The summed E-state index contributed by atoms with van der Waals surface area (Å²) >= 11 is 0. The number of hydrogen-bond acceptors (Lipinski definition) is 5. The van der Waals surface area contributed by atoms with Gasteiger partial charge in [-0.3, -0.25) is 4.90 Å². The summed E-state index contributed by atoms with van der Waals surface area (Å²) < 4.78 is 0. The molecule has 1 rings (SSSR count). The van der Waals surface area contributed by atoms with E-state index in [-0.39, 0.29) is 0 Å². The average molecular weight is 215 g/mol. The molecule has 0 unspecified atom stereocenters. The third-order valence-electron chi connectivity index (χ3n) is 1.94. The molecule has 0 saturated carbocycles. The molecular weight excluding hydrogens is 202 g/mol. The number of nitrogens with zero attached hydrogens (tertiary/aromatic N) is 4. The van der Waals surface area contributed by atoms with Gasteiger partial charge in [-0.15, -0.1) is 0 Å². The van der Waals surface area contributed by atoms with Gasteiger partial charge in [0.1, 0.15) is 11.9 Å². The number of hydrogen-bond donors (Lipinski definition) is 1. The van der Waals surface area contributed by atoms with Gasteiger partial charge in [0.25, 0.3) is 0 Å². The smallest absolute Gasteiger partial charge is 0.230 e. The Bertz CT molecular complexity index is 441. The first-order valence-electron chi connectivity index (χ1n) is 4.74. The first-order valence-corrected chi connectivity index (χ1v) is 4.74. The van der Waals surface area contributed by atoms with Crippen LogP contribution in [0.25, 0.3) is 0 Å². The molecule has 0 radical (unpaired) electrons. The van der Waals surface area contributed by atoms with Crippen molar-refractivity contribution in [2.75, 3.05) is 11.9 Å². The Balaban J connectivity index is 3.07. The largest absolute Gasteiger partial charge is 0.384 e. The molecule has 0 aliphatic carbocycles. The van der Waals surface area contributed by atoms with Crippen molar-refractivity contribution < 1.29 is 0 Å². The van der Waals surface area contributed by atoms with Crippen LogP contribution >= 0.6 is 0 Å². The van der Waals surface area contributed by atoms with Crippen LogP contribution in [-0.2, 0) is 0 Å². The van der Waals surface area contributed by atoms with Crippen LogP contribution < -0.4 is 10.6 Å². The Kier molecular flexibility index (Phi) is 4.04. The Morgan fingerprint density at radius 1 is 1.50 bits per heavy atom. The highest BCUT2D eigenvalue weighted by molar-refractivity contribution is 5.46.